The summed E-state index contributed by atoms with van der Waals surface area (Å²) < 4.78 is 26.9. The second-order valence-corrected chi connectivity index (χ2v) is 8.08. The average molecular weight is 305 g/mol. The zero-order valence-corrected chi connectivity index (χ0v) is 14.0. The molecule has 0 aromatic heterocycles. The lowest BCUT2D eigenvalue weighted by molar-refractivity contribution is 0.404. The fourth-order valence-electron chi connectivity index (χ4n) is 2.53. The number of rotatable bonds is 12. The van der Waals surface area contributed by atoms with E-state index < -0.39 is 10.0 Å². The predicted octanol–water partition coefficient (Wildman–Crippen LogP) is 2.65. The molecule has 0 saturated carbocycles. The largest absolute Gasteiger partial charge is 0.314 e. The van der Waals surface area contributed by atoms with Gasteiger partial charge in [0.05, 0.1) is 0 Å². The van der Waals surface area contributed by atoms with Gasteiger partial charge in [0.1, 0.15) is 5.25 Å². The van der Waals surface area contributed by atoms with Crippen LogP contribution in [0.2, 0.25) is 0 Å². The van der Waals surface area contributed by atoms with Crippen LogP contribution in [0.25, 0.3) is 0 Å². The fourth-order valence-corrected chi connectivity index (χ4v) is 3.91. The van der Waals surface area contributed by atoms with Crippen molar-refractivity contribution in [2.24, 2.45) is 5.92 Å². The van der Waals surface area contributed by atoms with Crippen LogP contribution in [0.5, 0.6) is 0 Å². The summed E-state index contributed by atoms with van der Waals surface area (Å²) in [5.41, 5.74) is 0. The SMILES string of the molecule is CCCCCCC(CCCC)CNS(=O)(=O)C1CNC1. The normalized spacial score (nSPS) is 17.9. The molecule has 4 nitrogen and oxygen atoms in total. The predicted molar refractivity (Wildman–Crippen MR) is 85.4 cm³/mol. The first kappa shape index (κ1) is 17.9. The van der Waals surface area contributed by atoms with Gasteiger partial charge in [-0.05, 0) is 18.8 Å². The monoisotopic (exact) mass is 304 g/mol. The van der Waals surface area contributed by atoms with Crippen LogP contribution in [0.3, 0.4) is 0 Å². The fraction of sp³-hybridized carbons (Fsp3) is 1.00. The van der Waals surface area contributed by atoms with Gasteiger partial charge in [-0.3, -0.25) is 0 Å². The molecule has 120 valence electrons. The number of sulfonamides is 1. The molecule has 0 radical (unpaired) electrons. The van der Waals surface area contributed by atoms with Crippen molar-refractivity contribution in [1.82, 2.24) is 10.0 Å². The van der Waals surface area contributed by atoms with E-state index in [0.29, 0.717) is 25.6 Å². The Kier molecular flexibility index (Phi) is 8.73. The Bertz CT molecular complexity index is 340. The van der Waals surface area contributed by atoms with E-state index in [4.69, 9.17) is 0 Å². The maximum atomic E-state index is 12.0. The van der Waals surface area contributed by atoms with Gasteiger partial charge in [0.2, 0.25) is 10.0 Å². The summed E-state index contributed by atoms with van der Waals surface area (Å²) in [7, 11) is -3.09. The lowest BCUT2D eigenvalue weighted by Gasteiger charge is -2.28. The van der Waals surface area contributed by atoms with Crippen LogP contribution in [0.1, 0.15) is 65.2 Å². The molecule has 1 rings (SSSR count). The number of unbranched alkanes of at least 4 members (excludes halogenated alkanes) is 4. The maximum absolute atomic E-state index is 12.0. The summed E-state index contributed by atoms with van der Waals surface area (Å²) in [5, 5.41) is 2.80. The summed E-state index contributed by atoms with van der Waals surface area (Å²) in [6.45, 7) is 6.25. The molecule has 1 atom stereocenters. The van der Waals surface area contributed by atoms with Gasteiger partial charge in [-0.2, -0.15) is 0 Å². The molecule has 0 bridgehead atoms. The van der Waals surface area contributed by atoms with E-state index in [1.54, 1.807) is 0 Å². The Balaban J connectivity index is 2.30. The minimum absolute atomic E-state index is 0.214. The van der Waals surface area contributed by atoms with Crippen molar-refractivity contribution >= 4 is 10.0 Å². The highest BCUT2D eigenvalue weighted by atomic mass is 32.2. The van der Waals surface area contributed by atoms with E-state index in [-0.39, 0.29) is 5.25 Å². The third-order valence-electron chi connectivity index (χ3n) is 4.19. The molecule has 5 heteroatoms. The molecule has 0 aromatic carbocycles. The summed E-state index contributed by atoms with van der Waals surface area (Å²) in [5.74, 6) is 0.509. The van der Waals surface area contributed by atoms with E-state index in [9.17, 15) is 8.42 Å². The van der Waals surface area contributed by atoms with Crippen molar-refractivity contribution in [2.75, 3.05) is 19.6 Å². The van der Waals surface area contributed by atoms with Crippen molar-refractivity contribution in [3.63, 3.8) is 0 Å². The van der Waals surface area contributed by atoms with E-state index in [1.165, 1.54) is 38.5 Å². The molecule has 1 saturated heterocycles. The van der Waals surface area contributed by atoms with Crippen molar-refractivity contribution in [2.45, 2.75) is 70.5 Å². The molecule has 1 aliphatic rings. The molecule has 20 heavy (non-hydrogen) atoms. The van der Waals surface area contributed by atoms with Gasteiger partial charge in [0.15, 0.2) is 0 Å². The molecular weight excluding hydrogens is 272 g/mol. The lowest BCUT2D eigenvalue weighted by Crippen LogP contribution is -2.55. The Labute approximate surface area is 125 Å². The van der Waals surface area contributed by atoms with Crippen molar-refractivity contribution in [3.05, 3.63) is 0 Å². The smallest absolute Gasteiger partial charge is 0.217 e. The average Bonchev–Trinajstić information content (AvgIpc) is 2.34. The molecule has 1 fully saturated rings. The summed E-state index contributed by atoms with van der Waals surface area (Å²) in [6, 6.07) is 0. The van der Waals surface area contributed by atoms with E-state index in [2.05, 4.69) is 23.9 Å². The number of hydrogen-bond donors (Lipinski definition) is 2. The van der Waals surface area contributed by atoms with Crippen molar-refractivity contribution < 1.29 is 8.42 Å². The molecule has 1 aliphatic heterocycles. The topological polar surface area (TPSA) is 58.2 Å². The van der Waals surface area contributed by atoms with Gasteiger partial charge >= 0.3 is 0 Å². The first-order valence-corrected chi connectivity index (χ1v) is 9.84. The highest BCUT2D eigenvalue weighted by Crippen LogP contribution is 2.17. The van der Waals surface area contributed by atoms with Gasteiger partial charge in [0.25, 0.3) is 0 Å². The third-order valence-corrected chi connectivity index (χ3v) is 5.97. The first-order chi connectivity index (χ1) is 9.60. The molecular formula is C15H32N2O2S. The van der Waals surface area contributed by atoms with Gasteiger partial charge in [-0.25, -0.2) is 13.1 Å². The van der Waals surface area contributed by atoms with Crippen LogP contribution < -0.4 is 10.0 Å². The Morgan fingerprint density at radius 1 is 1.05 bits per heavy atom. The maximum Gasteiger partial charge on any atom is 0.217 e. The molecule has 1 heterocycles. The van der Waals surface area contributed by atoms with E-state index in [1.807, 2.05) is 0 Å². The number of hydrogen-bond acceptors (Lipinski definition) is 3. The van der Waals surface area contributed by atoms with Gasteiger partial charge in [0, 0.05) is 19.6 Å². The van der Waals surface area contributed by atoms with Crippen LogP contribution in [0.15, 0.2) is 0 Å². The number of nitrogens with one attached hydrogen (secondary N) is 2. The molecule has 0 aromatic rings. The van der Waals surface area contributed by atoms with Crippen LogP contribution >= 0.6 is 0 Å². The van der Waals surface area contributed by atoms with Crippen molar-refractivity contribution in [3.8, 4) is 0 Å². The molecule has 2 N–H and O–H groups in total. The Morgan fingerprint density at radius 2 is 1.70 bits per heavy atom. The highest BCUT2D eigenvalue weighted by molar-refractivity contribution is 7.90. The Morgan fingerprint density at radius 3 is 2.25 bits per heavy atom. The minimum Gasteiger partial charge on any atom is -0.314 e. The van der Waals surface area contributed by atoms with Crippen LogP contribution in [0, 0.1) is 5.92 Å². The lowest BCUT2D eigenvalue weighted by atomic mass is 9.95. The molecule has 0 amide bonds. The second kappa shape index (κ2) is 9.74. The quantitative estimate of drug-likeness (QED) is 0.545. The second-order valence-electron chi connectivity index (χ2n) is 6.03. The summed E-state index contributed by atoms with van der Waals surface area (Å²) >= 11 is 0. The molecule has 1 unspecified atom stereocenters. The van der Waals surface area contributed by atoms with Crippen molar-refractivity contribution in [1.29, 1.82) is 0 Å². The Hall–Kier alpha value is -0.130. The highest BCUT2D eigenvalue weighted by Gasteiger charge is 2.30. The minimum atomic E-state index is -3.09. The summed E-state index contributed by atoms with van der Waals surface area (Å²) in [4.78, 5) is 0. The van der Waals surface area contributed by atoms with Gasteiger partial charge < -0.3 is 5.32 Å². The zero-order valence-electron chi connectivity index (χ0n) is 13.2. The third kappa shape index (κ3) is 6.55. The molecule has 0 spiro atoms. The summed E-state index contributed by atoms with van der Waals surface area (Å²) in [6.07, 6.45) is 9.74. The standard InChI is InChI=1S/C15H32N2O2S/c1-3-5-7-8-10-14(9-6-4-2)11-17-20(18,19)15-12-16-13-15/h14-17H,3-13H2,1-2H3. The van der Waals surface area contributed by atoms with Gasteiger partial charge in [-0.15, -0.1) is 0 Å². The van der Waals surface area contributed by atoms with E-state index >= 15 is 0 Å². The molecule has 0 aliphatic carbocycles. The zero-order chi connectivity index (χ0) is 14.8. The van der Waals surface area contributed by atoms with Crippen LogP contribution in [-0.4, -0.2) is 33.3 Å². The first-order valence-electron chi connectivity index (χ1n) is 8.29. The van der Waals surface area contributed by atoms with Crippen LogP contribution in [0.4, 0.5) is 0 Å². The van der Waals surface area contributed by atoms with Gasteiger partial charge in [-0.1, -0.05) is 52.4 Å². The van der Waals surface area contributed by atoms with Crippen LogP contribution in [-0.2, 0) is 10.0 Å². The van der Waals surface area contributed by atoms with E-state index in [0.717, 1.165) is 12.8 Å².